The predicted octanol–water partition coefficient (Wildman–Crippen LogP) is 2.77. The smallest absolute Gasteiger partial charge is 0.191 e. The molecule has 0 aromatic rings. The monoisotopic (exact) mass is 371 g/mol. The standard InChI is InChI=1S/C13H29N3O.HI/c1-6-7-10-17-11-8-9-15-12(14-5)16-13(2,3)4;/h6-11H2,1-5H3,(H2,14,15,16);1H. The average molecular weight is 371 g/mol. The van der Waals surface area contributed by atoms with Gasteiger partial charge in [0.05, 0.1) is 0 Å². The minimum absolute atomic E-state index is 0. The van der Waals surface area contributed by atoms with Gasteiger partial charge in [-0.1, -0.05) is 13.3 Å². The van der Waals surface area contributed by atoms with Crippen molar-refractivity contribution in [1.82, 2.24) is 10.6 Å². The number of hydrogen-bond donors (Lipinski definition) is 2. The molecule has 0 saturated heterocycles. The van der Waals surface area contributed by atoms with Gasteiger partial charge >= 0.3 is 0 Å². The first-order chi connectivity index (χ1) is 7.99. The second-order valence-corrected chi connectivity index (χ2v) is 5.19. The van der Waals surface area contributed by atoms with Gasteiger partial charge in [0, 0.05) is 32.3 Å². The zero-order valence-corrected chi connectivity index (χ0v) is 14.8. The van der Waals surface area contributed by atoms with Crippen molar-refractivity contribution in [3.05, 3.63) is 0 Å². The Hall–Kier alpha value is -0.0400. The quantitative estimate of drug-likeness (QED) is 0.313. The lowest BCUT2D eigenvalue weighted by Crippen LogP contribution is -2.47. The number of ether oxygens (including phenoxy) is 1. The fraction of sp³-hybridized carbons (Fsp3) is 0.923. The van der Waals surface area contributed by atoms with Gasteiger partial charge in [-0.3, -0.25) is 4.99 Å². The van der Waals surface area contributed by atoms with Gasteiger partial charge in [0.1, 0.15) is 0 Å². The van der Waals surface area contributed by atoms with Crippen LogP contribution in [0.2, 0.25) is 0 Å². The van der Waals surface area contributed by atoms with Gasteiger partial charge in [-0.25, -0.2) is 0 Å². The molecule has 0 unspecified atom stereocenters. The molecule has 2 N–H and O–H groups in total. The average Bonchev–Trinajstić information content (AvgIpc) is 2.24. The van der Waals surface area contributed by atoms with E-state index >= 15 is 0 Å². The van der Waals surface area contributed by atoms with Crippen molar-refractivity contribution in [3.8, 4) is 0 Å². The number of rotatable bonds is 7. The summed E-state index contributed by atoms with van der Waals surface area (Å²) in [6.07, 6.45) is 3.36. The Bertz CT molecular complexity index is 215. The van der Waals surface area contributed by atoms with Crippen LogP contribution in [0.4, 0.5) is 0 Å². The SMILES string of the molecule is CCCCOCCCNC(=NC)NC(C)(C)C.I. The van der Waals surface area contributed by atoms with Crippen LogP contribution in [0.25, 0.3) is 0 Å². The van der Waals surface area contributed by atoms with Crippen LogP contribution in [-0.4, -0.2) is 38.3 Å². The highest BCUT2D eigenvalue weighted by atomic mass is 127. The number of halogens is 1. The first kappa shape index (κ1) is 20.3. The van der Waals surface area contributed by atoms with E-state index in [1.165, 1.54) is 6.42 Å². The number of nitrogens with zero attached hydrogens (tertiary/aromatic N) is 1. The third-order valence-corrected chi connectivity index (χ3v) is 2.12. The Morgan fingerprint density at radius 2 is 1.78 bits per heavy atom. The Balaban J connectivity index is 0. The van der Waals surface area contributed by atoms with E-state index in [9.17, 15) is 0 Å². The van der Waals surface area contributed by atoms with Crippen LogP contribution in [0, 0.1) is 0 Å². The van der Waals surface area contributed by atoms with Gasteiger partial charge in [-0.15, -0.1) is 24.0 Å². The molecule has 0 spiro atoms. The lowest BCUT2D eigenvalue weighted by atomic mass is 10.1. The lowest BCUT2D eigenvalue weighted by molar-refractivity contribution is 0.129. The normalized spacial score (nSPS) is 11.9. The first-order valence-electron chi connectivity index (χ1n) is 6.56. The molecule has 0 heterocycles. The third kappa shape index (κ3) is 14.0. The molecule has 0 fully saturated rings. The molecule has 0 amide bonds. The second kappa shape index (κ2) is 12.0. The highest BCUT2D eigenvalue weighted by molar-refractivity contribution is 14.0. The summed E-state index contributed by atoms with van der Waals surface area (Å²) in [5.41, 5.74) is 0.0411. The maximum Gasteiger partial charge on any atom is 0.191 e. The third-order valence-electron chi connectivity index (χ3n) is 2.12. The van der Waals surface area contributed by atoms with Crippen molar-refractivity contribution in [2.24, 2.45) is 4.99 Å². The first-order valence-corrected chi connectivity index (χ1v) is 6.56. The fourth-order valence-corrected chi connectivity index (χ4v) is 1.26. The summed E-state index contributed by atoms with van der Waals surface area (Å²) in [4.78, 5) is 4.17. The van der Waals surface area contributed by atoms with Gasteiger partial charge in [-0.2, -0.15) is 0 Å². The summed E-state index contributed by atoms with van der Waals surface area (Å²) in [5, 5.41) is 6.59. The van der Waals surface area contributed by atoms with E-state index in [2.05, 4.69) is 43.3 Å². The molecule has 5 heteroatoms. The van der Waals surface area contributed by atoms with Crippen molar-refractivity contribution >= 4 is 29.9 Å². The van der Waals surface area contributed by atoms with E-state index in [1.807, 2.05) is 0 Å². The number of hydrogen-bond acceptors (Lipinski definition) is 2. The minimum Gasteiger partial charge on any atom is -0.381 e. The van der Waals surface area contributed by atoms with Crippen LogP contribution < -0.4 is 10.6 Å². The molecule has 18 heavy (non-hydrogen) atoms. The highest BCUT2D eigenvalue weighted by Crippen LogP contribution is 1.97. The summed E-state index contributed by atoms with van der Waals surface area (Å²) in [6.45, 7) is 11.1. The van der Waals surface area contributed by atoms with Crippen LogP contribution in [0.5, 0.6) is 0 Å². The topological polar surface area (TPSA) is 45.6 Å². The van der Waals surface area contributed by atoms with Crippen LogP contribution in [-0.2, 0) is 4.74 Å². The van der Waals surface area contributed by atoms with Crippen LogP contribution >= 0.6 is 24.0 Å². The van der Waals surface area contributed by atoms with Crippen molar-refractivity contribution in [2.75, 3.05) is 26.8 Å². The molecular weight excluding hydrogens is 341 g/mol. The summed E-state index contributed by atoms with van der Waals surface area (Å²) in [7, 11) is 1.79. The summed E-state index contributed by atoms with van der Waals surface area (Å²) in [5.74, 6) is 0.853. The summed E-state index contributed by atoms with van der Waals surface area (Å²) >= 11 is 0. The van der Waals surface area contributed by atoms with Crippen LogP contribution in [0.15, 0.2) is 4.99 Å². The van der Waals surface area contributed by atoms with Gasteiger partial charge in [0.25, 0.3) is 0 Å². The summed E-state index contributed by atoms with van der Waals surface area (Å²) in [6, 6.07) is 0. The molecule has 0 atom stereocenters. The van der Waals surface area contributed by atoms with Crippen molar-refractivity contribution < 1.29 is 4.74 Å². The lowest BCUT2D eigenvalue weighted by Gasteiger charge is -2.23. The molecule has 0 aliphatic rings. The van der Waals surface area contributed by atoms with E-state index in [0.29, 0.717) is 0 Å². The van der Waals surface area contributed by atoms with Crippen molar-refractivity contribution in [2.45, 2.75) is 52.5 Å². The molecule has 0 radical (unpaired) electrons. The van der Waals surface area contributed by atoms with E-state index in [1.54, 1.807) is 7.05 Å². The van der Waals surface area contributed by atoms with E-state index in [0.717, 1.165) is 38.6 Å². The molecule has 0 bridgehead atoms. The molecular formula is C13H30IN3O. The molecule has 0 aromatic carbocycles. The Morgan fingerprint density at radius 1 is 1.17 bits per heavy atom. The molecule has 0 aliphatic carbocycles. The maximum atomic E-state index is 5.49. The molecule has 4 nitrogen and oxygen atoms in total. The molecule has 0 rings (SSSR count). The predicted molar refractivity (Wildman–Crippen MR) is 90.0 cm³/mol. The largest absolute Gasteiger partial charge is 0.381 e. The number of guanidine groups is 1. The number of aliphatic imine (C=N–C) groups is 1. The highest BCUT2D eigenvalue weighted by Gasteiger charge is 2.10. The van der Waals surface area contributed by atoms with Gasteiger partial charge in [-0.05, 0) is 33.6 Å². The zero-order valence-electron chi connectivity index (χ0n) is 12.5. The molecule has 0 aromatic heterocycles. The van der Waals surface area contributed by atoms with E-state index in [4.69, 9.17) is 4.74 Å². The van der Waals surface area contributed by atoms with Crippen molar-refractivity contribution in [3.63, 3.8) is 0 Å². The Kier molecular flexibility index (Phi) is 13.5. The summed E-state index contributed by atoms with van der Waals surface area (Å²) < 4.78 is 5.49. The number of nitrogens with one attached hydrogen (secondary N) is 2. The number of unbranched alkanes of at least 4 members (excludes halogenated alkanes) is 1. The second-order valence-electron chi connectivity index (χ2n) is 5.19. The van der Waals surface area contributed by atoms with Gasteiger partial charge in [0.2, 0.25) is 0 Å². The Morgan fingerprint density at radius 3 is 2.28 bits per heavy atom. The molecule has 0 saturated carbocycles. The van der Waals surface area contributed by atoms with E-state index < -0.39 is 0 Å². The maximum absolute atomic E-state index is 5.49. The molecule has 0 aliphatic heterocycles. The van der Waals surface area contributed by atoms with Crippen LogP contribution in [0.1, 0.15) is 47.0 Å². The van der Waals surface area contributed by atoms with Crippen LogP contribution in [0.3, 0.4) is 0 Å². The Labute approximate surface area is 129 Å². The van der Waals surface area contributed by atoms with Gasteiger partial charge < -0.3 is 15.4 Å². The zero-order chi connectivity index (χ0) is 13.1. The van der Waals surface area contributed by atoms with Crippen molar-refractivity contribution in [1.29, 1.82) is 0 Å². The fourth-order valence-electron chi connectivity index (χ4n) is 1.26. The van der Waals surface area contributed by atoms with Gasteiger partial charge in [0.15, 0.2) is 5.96 Å². The minimum atomic E-state index is 0. The molecule has 110 valence electrons. The van der Waals surface area contributed by atoms with E-state index in [-0.39, 0.29) is 29.5 Å².